The molecule has 3 nitrogen and oxygen atoms in total. The number of rotatable bonds is 0. The van der Waals surface area contributed by atoms with Crippen molar-refractivity contribution in [3.8, 4) is 0 Å². The van der Waals surface area contributed by atoms with E-state index in [4.69, 9.17) is 0 Å². The van der Waals surface area contributed by atoms with Crippen LogP contribution >= 0.6 is 0 Å². The Morgan fingerprint density at radius 3 is 2.43 bits per heavy atom. The Morgan fingerprint density at radius 2 is 2.29 bits per heavy atom. The highest BCUT2D eigenvalue weighted by Gasteiger charge is 2.18. The van der Waals surface area contributed by atoms with Crippen LogP contribution in [0.2, 0.25) is 0 Å². The van der Waals surface area contributed by atoms with Gasteiger partial charge in [0.25, 0.3) is 0 Å². The van der Waals surface area contributed by atoms with Crippen molar-refractivity contribution in [3.05, 3.63) is 0 Å². The predicted molar refractivity (Wildman–Crippen MR) is 21.6 cm³/mol. The third kappa shape index (κ3) is 0.718. The molecule has 1 heterocycles. The second kappa shape index (κ2) is 1.50. The van der Waals surface area contributed by atoms with Gasteiger partial charge in [-0.15, -0.1) is 0 Å². The zero-order chi connectivity index (χ0) is 5.28. The topological polar surface area (TPSA) is 40.2 Å². The lowest BCUT2D eigenvalue weighted by atomic mass is 10.4. The molecule has 0 bridgehead atoms. The first-order valence-electron chi connectivity index (χ1n) is 2.28. The van der Waals surface area contributed by atoms with E-state index in [-0.39, 0.29) is 5.91 Å². The Bertz CT molecular complexity index is 91.7. The standard InChI is InChI=1S/C4H6NO2/c6-4-2-1-3-5(4)7/h1-3H2. The second-order valence-corrected chi connectivity index (χ2v) is 1.60. The zero-order valence-corrected chi connectivity index (χ0v) is 3.89. The van der Waals surface area contributed by atoms with Gasteiger partial charge in [0.05, 0.1) is 6.54 Å². The maximum atomic E-state index is 10.2. The van der Waals surface area contributed by atoms with Crippen molar-refractivity contribution >= 4 is 5.91 Å². The lowest BCUT2D eigenvalue weighted by molar-refractivity contribution is -0.177. The molecule has 1 aliphatic heterocycles. The predicted octanol–water partition coefficient (Wildman–Crippen LogP) is -0.0457. The molecule has 0 aromatic heterocycles. The maximum absolute atomic E-state index is 10.2. The molecule has 0 atom stereocenters. The van der Waals surface area contributed by atoms with Crippen molar-refractivity contribution in [3.63, 3.8) is 0 Å². The van der Waals surface area contributed by atoms with Crippen LogP contribution in [0.1, 0.15) is 12.8 Å². The zero-order valence-electron chi connectivity index (χ0n) is 3.89. The third-order valence-electron chi connectivity index (χ3n) is 1.03. The van der Waals surface area contributed by atoms with Crippen molar-refractivity contribution in [1.29, 1.82) is 0 Å². The van der Waals surface area contributed by atoms with Crippen molar-refractivity contribution < 1.29 is 10.0 Å². The van der Waals surface area contributed by atoms with Gasteiger partial charge in [-0.3, -0.25) is 4.79 Å². The van der Waals surface area contributed by atoms with E-state index in [1.54, 1.807) is 0 Å². The van der Waals surface area contributed by atoms with E-state index in [0.717, 1.165) is 6.42 Å². The summed E-state index contributed by atoms with van der Waals surface area (Å²) >= 11 is 0. The highest BCUT2D eigenvalue weighted by atomic mass is 16.5. The SMILES string of the molecule is [O]N1CCCC1=O. The number of hydroxylamine groups is 2. The van der Waals surface area contributed by atoms with Gasteiger partial charge in [0.15, 0.2) is 0 Å². The smallest absolute Gasteiger partial charge is 0.248 e. The molecule has 0 saturated carbocycles. The van der Waals surface area contributed by atoms with Crippen molar-refractivity contribution in [2.45, 2.75) is 12.8 Å². The van der Waals surface area contributed by atoms with Gasteiger partial charge in [-0.25, -0.2) is 0 Å². The van der Waals surface area contributed by atoms with Crippen LogP contribution in [0.3, 0.4) is 0 Å². The normalized spacial score (nSPS) is 21.3. The first kappa shape index (κ1) is 4.59. The van der Waals surface area contributed by atoms with E-state index in [0.29, 0.717) is 18.0 Å². The molecule has 1 fully saturated rings. The summed E-state index contributed by atoms with van der Waals surface area (Å²) in [6.45, 7) is 0.402. The van der Waals surface area contributed by atoms with E-state index >= 15 is 0 Å². The molecule has 0 spiro atoms. The summed E-state index contributed by atoms with van der Waals surface area (Å²) in [5.41, 5.74) is 0. The van der Waals surface area contributed by atoms with Crippen LogP contribution in [0.4, 0.5) is 0 Å². The minimum absolute atomic E-state index is 0.264. The second-order valence-electron chi connectivity index (χ2n) is 1.60. The van der Waals surface area contributed by atoms with Crippen molar-refractivity contribution in [1.82, 2.24) is 5.06 Å². The Morgan fingerprint density at radius 1 is 1.57 bits per heavy atom. The van der Waals surface area contributed by atoms with Crippen LogP contribution < -0.4 is 0 Å². The maximum Gasteiger partial charge on any atom is 0.248 e. The molecule has 1 rings (SSSR count). The largest absolute Gasteiger partial charge is 0.272 e. The van der Waals surface area contributed by atoms with E-state index in [1.807, 2.05) is 0 Å². The molecule has 39 valence electrons. The molecule has 0 aliphatic carbocycles. The van der Waals surface area contributed by atoms with Crippen LogP contribution in [0.25, 0.3) is 0 Å². The van der Waals surface area contributed by atoms with Crippen molar-refractivity contribution in [2.24, 2.45) is 0 Å². The Kier molecular flexibility index (Phi) is 0.982. The highest BCUT2D eigenvalue weighted by molar-refractivity contribution is 5.76. The van der Waals surface area contributed by atoms with Crippen LogP contribution in [0.5, 0.6) is 0 Å². The van der Waals surface area contributed by atoms with Gasteiger partial charge in [0, 0.05) is 6.42 Å². The minimum atomic E-state index is -0.264. The molecule has 3 heteroatoms. The third-order valence-corrected chi connectivity index (χ3v) is 1.03. The van der Waals surface area contributed by atoms with Gasteiger partial charge in [-0.2, -0.15) is 5.06 Å². The molecular formula is C4H6NO2. The molecule has 0 N–H and O–H groups in total. The Labute approximate surface area is 41.5 Å². The quantitative estimate of drug-likeness (QED) is 0.421. The average molecular weight is 100 g/mol. The molecular weight excluding hydrogens is 94.0 g/mol. The van der Waals surface area contributed by atoms with Crippen LogP contribution in [-0.2, 0) is 10.0 Å². The van der Waals surface area contributed by atoms with Gasteiger partial charge in [0.1, 0.15) is 0 Å². The fourth-order valence-corrected chi connectivity index (χ4v) is 0.623. The van der Waals surface area contributed by atoms with Crippen LogP contribution in [0, 0.1) is 0 Å². The molecule has 0 unspecified atom stereocenters. The number of hydrogen-bond donors (Lipinski definition) is 0. The van der Waals surface area contributed by atoms with E-state index in [9.17, 15) is 10.0 Å². The molecule has 1 saturated heterocycles. The lowest BCUT2D eigenvalue weighted by Gasteiger charge is -1.96. The lowest BCUT2D eigenvalue weighted by Crippen LogP contribution is -2.16. The first-order valence-corrected chi connectivity index (χ1v) is 2.28. The number of amides is 1. The first-order chi connectivity index (χ1) is 3.30. The number of hydrogen-bond acceptors (Lipinski definition) is 1. The monoisotopic (exact) mass is 100 g/mol. The van der Waals surface area contributed by atoms with Crippen LogP contribution in [0.15, 0.2) is 0 Å². The number of carbonyl (C=O) groups is 1. The summed E-state index contributed by atoms with van der Waals surface area (Å²) in [5.74, 6) is -0.264. The number of carbonyl (C=O) groups excluding carboxylic acids is 1. The summed E-state index contributed by atoms with van der Waals surface area (Å²) < 4.78 is 0. The Hall–Kier alpha value is -0.570. The van der Waals surface area contributed by atoms with E-state index in [1.165, 1.54) is 0 Å². The van der Waals surface area contributed by atoms with Crippen LogP contribution in [-0.4, -0.2) is 17.5 Å². The number of nitrogens with zero attached hydrogens (tertiary/aromatic N) is 1. The van der Waals surface area contributed by atoms with Gasteiger partial charge in [-0.1, -0.05) is 5.21 Å². The molecule has 1 radical (unpaired) electrons. The average Bonchev–Trinajstić information content (AvgIpc) is 1.91. The van der Waals surface area contributed by atoms with E-state index in [2.05, 4.69) is 0 Å². The van der Waals surface area contributed by atoms with Gasteiger partial charge < -0.3 is 0 Å². The fraction of sp³-hybridized carbons (Fsp3) is 0.750. The van der Waals surface area contributed by atoms with Gasteiger partial charge in [-0.05, 0) is 6.42 Å². The molecule has 1 amide bonds. The summed E-state index contributed by atoms with van der Waals surface area (Å²) in [7, 11) is 0. The summed E-state index contributed by atoms with van der Waals surface area (Å²) in [6, 6.07) is 0. The molecule has 0 aromatic rings. The van der Waals surface area contributed by atoms with Gasteiger partial charge >= 0.3 is 0 Å². The summed E-state index contributed by atoms with van der Waals surface area (Å²) in [6.07, 6.45) is 1.19. The summed E-state index contributed by atoms with van der Waals surface area (Å²) in [4.78, 5) is 10.2. The Balaban J connectivity index is 2.48. The van der Waals surface area contributed by atoms with Gasteiger partial charge in [0.2, 0.25) is 5.91 Å². The van der Waals surface area contributed by atoms with E-state index < -0.39 is 0 Å². The highest BCUT2D eigenvalue weighted by Crippen LogP contribution is 2.05. The van der Waals surface area contributed by atoms with Crippen molar-refractivity contribution in [2.75, 3.05) is 6.54 Å². The molecule has 0 aromatic carbocycles. The summed E-state index contributed by atoms with van der Waals surface area (Å²) in [5, 5.41) is 10.7. The molecule has 7 heavy (non-hydrogen) atoms. The minimum Gasteiger partial charge on any atom is -0.272 e. The fourth-order valence-electron chi connectivity index (χ4n) is 0.623. The molecule has 1 aliphatic rings.